The first kappa shape index (κ1) is 39.9. The number of hydrogen-bond acceptors (Lipinski definition) is 16. The Bertz CT molecular complexity index is 1650. The number of carboxylic acids is 1. The average Bonchev–Trinajstić information content (AvgIpc) is 3.34. The summed E-state index contributed by atoms with van der Waals surface area (Å²) in [5.74, 6) is -6.76. The third-order valence-corrected chi connectivity index (χ3v) is 9.12. The molecule has 1 unspecified atom stereocenters. The fourth-order valence-corrected chi connectivity index (χ4v) is 6.50. The third kappa shape index (κ3) is 9.93. The van der Waals surface area contributed by atoms with E-state index >= 15 is 0 Å². The Balaban J connectivity index is 1.45. The second-order valence-corrected chi connectivity index (χ2v) is 13.3. The highest BCUT2D eigenvalue weighted by Gasteiger charge is 2.59. The number of hydrogen-bond donors (Lipinski definition) is 10. The van der Waals surface area contributed by atoms with Crippen molar-refractivity contribution in [1.29, 1.82) is 0 Å². The number of phosphoric ester groups is 1. The van der Waals surface area contributed by atoms with Gasteiger partial charge in [0.2, 0.25) is 11.8 Å². The molecule has 21 nitrogen and oxygen atoms in total. The number of rotatable bonds is 15. The molecule has 2 amide bonds. The van der Waals surface area contributed by atoms with Gasteiger partial charge in [-0.3, -0.25) is 18.7 Å². The number of nitrogen functional groups attached to an aromatic ring is 1. The SMILES string of the molecule is CC(=O)N[C@H]1[C@H]([C@H](O)[C@H](O)CNC(=O)CCc2ccccc2)O[C@](OP(=O)(O)OC[C@H]2O[C@@H](n3ccc(N)nc3=O)[C@H](O)[C@@H]2O)(C(=O)O)C[C@@H]1O. The van der Waals surface area contributed by atoms with Crippen LogP contribution in [0.2, 0.25) is 0 Å². The summed E-state index contributed by atoms with van der Waals surface area (Å²) in [6, 6.07) is 8.62. The van der Waals surface area contributed by atoms with Crippen molar-refractivity contribution in [1.82, 2.24) is 20.2 Å². The summed E-state index contributed by atoms with van der Waals surface area (Å²) in [6.45, 7) is -0.581. The van der Waals surface area contributed by atoms with Crippen molar-refractivity contribution in [3.8, 4) is 0 Å². The number of aromatic nitrogens is 2. The topological polar surface area (TPSA) is 332 Å². The van der Waals surface area contributed by atoms with E-state index in [-0.39, 0.29) is 12.2 Å². The average molecular weight is 746 g/mol. The Hall–Kier alpha value is -3.86. The van der Waals surface area contributed by atoms with Gasteiger partial charge in [-0.25, -0.2) is 18.7 Å². The van der Waals surface area contributed by atoms with Crippen LogP contribution in [-0.4, -0.2) is 131 Å². The first-order chi connectivity index (χ1) is 23.9. The molecule has 2 aliphatic rings. The predicted molar refractivity (Wildman–Crippen MR) is 169 cm³/mol. The molecule has 2 aromatic rings. The fourth-order valence-electron chi connectivity index (χ4n) is 5.54. The van der Waals surface area contributed by atoms with E-state index in [1.807, 2.05) is 12.1 Å². The van der Waals surface area contributed by atoms with Crippen LogP contribution in [0.25, 0.3) is 0 Å². The van der Waals surface area contributed by atoms with Gasteiger partial charge in [-0.15, -0.1) is 0 Å². The van der Waals surface area contributed by atoms with E-state index in [4.69, 9.17) is 24.3 Å². The van der Waals surface area contributed by atoms with Crippen LogP contribution in [0.15, 0.2) is 47.4 Å². The summed E-state index contributed by atoms with van der Waals surface area (Å²) in [4.78, 5) is 63.0. The number of aliphatic hydroxyl groups excluding tert-OH is 5. The van der Waals surface area contributed by atoms with Gasteiger partial charge in [0.15, 0.2) is 6.23 Å². The molecule has 3 heterocycles. The van der Waals surface area contributed by atoms with Gasteiger partial charge in [0.05, 0.1) is 24.9 Å². The lowest BCUT2D eigenvalue weighted by Gasteiger charge is -2.46. The number of carboxylic acid groups (broad SMARTS) is 1. The molecule has 0 aliphatic carbocycles. The molecule has 0 radical (unpaired) electrons. The predicted octanol–water partition coefficient (Wildman–Crippen LogP) is -3.52. The number of benzene rings is 1. The Morgan fingerprint density at radius 2 is 1.84 bits per heavy atom. The van der Waals surface area contributed by atoms with E-state index in [0.29, 0.717) is 6.42 Å². The fraction of sp³-hybridized carbons (Fsp3) is 0.552. The maximum Gasteiger partial charge on any atom is 0.475 e. The molecule has 0 bridgehead atoms. The number of ether oxygens (including phenoxy) is 2. The lowest BCUT2D eigenvalue weighted by atomic mass is 9.88. The minimum absolute atomic E-state index is 0.0153. The van der Waals surface area contributed by atoms with Gasteiger partial charge in [-0.1, -0.05) is 30.3 Å². The zero-order valence-corrected chi connectivity index (χ0v) is 27.9. The molecule has 282 valence electrons. The maximum atomic E-state index is 13.1. The summed E-state index contributed by atoms with van der Waals surface area (Å²) in [7, 11) is -5.58. The first-order valence-electron chi connectivity index (χ1n) is 15.5. The van der Waals surface area contributed by atoms with Crippen molar-refractivity contribution in [3.05, 3.63) is 58.6 Å². The second-order valence-electron chi connectivity index (χ2n) is 11.9. The van der Waals surface area contributed by atoms with Crippen molar-refractivity contribution in [2.24, 2.45) is 0 Å². The minimum atomic E-state index is -5.58. The smallest absolute Gasteiger partial charge is 0.475 e. The number of nitrogens with zero attached hydrogens (tertiary/aromatic N) is 2. The van der Waals surface area contributed by atoms with E-state index in [2.05, 4.69) is 15.6 Å². The van der Waals surface area contributed by atoms with Crippen molar-refractivity contribution < 1.29 is 73.0 Å². The Morgan fingerprint density at radius 3 is 2.47 bits per heavy atom. The van der Waals surface area contributed by atoms with E-state index in [1.165, 1.54) is 6.07 Å². The molecule has 2 fully saturated rings. The number of anilines is 1. The van der Waals surface area contributed by atoms with E-state index < -0.39 is 112 Å². The summed E-state index contributed by atoms with van der Waals surface area (Å²) in [5.41, 5.74) is 5.37. The third-order valence-electron chi connectivity index (χ3n) is 8.12. The second kappa shape index (κ2) is 16.7. The molecule has 2 saturated heterocycles. The van der Waals surface area contributed by atoms with Crippen molar-refractivity contribution in [2.45, 2.75) is 87.0 Å². The molecule has 22 heteroatoms. The lowest BCUT2D eigenvalue weighted by Crippen LogP contribution is -2.68. The molecule has 51 heavy (non-hydrogen) atoms. The molecule has 2 aliphatic heterocycles. The number of phosphoric acid groups is 1. The van der Waals surface area contributed by atoms with Gasteiger partial charge < -0.3 is 61.4 Å². The van der Waals surface area contributed by atoms with Gasteiger partial charge in [0.25, 0.3) is 5.79 Å². The number of aliphatic carboxylic acids is 1. The number of carbonyl (C=O) groups excluding carboxylic acids is 2. The van der Waals surface area contributed by atoms with Crippen LogP contribution < -0.4 is 22.1 Å². The van der Waals surface area contributed by atoms with Crippen molar-refractivity contribution >= 4 is 31.4 Å². The number of carbonyl (C=O) groups is 3. The largest absolute Gasteiger partial charge is 0.477 e. The van der Waals surface area contributed by atoms with E-state index in [1.54, 1.807) is 18.2 Å². The summed E-state index contributed by atoms with van der Waals surface area (Å²) in [6.07, 6.45) is -14.3. The van der Waals surface area contributed by atoms with Gasteiger partial charge >= 0.3 is 19.5 Å². The Morgan fingerprint density at radius 1 is 1.16 bits per heavy atom. The summed E-state index contributed by atoms with van der Waals surface area (Å²) in [5, 5.41) is 68.3. The van der Waals surface area contributed by atoms with Gasteiger partial charge in [-0.2, -0.15) is 4.98 Å². The lowest BCUT2D eigenvalue weighted by molar-refractivity contribution is -0.288. The van der Waals surface area contributed by atoms with E-state index in [0.717, 1.165) is 23.3 Å². The van der Waals surface area contributed by atoms with Gasteiger partial charge in [-0.05, 0) is 18.1 Å². The molecular formula is C29H40N5O16P. The van der Waals surface area contributed by atoms with Crippen molar-refractivity contribution in [3.63, 3.8) is 0 Å². The zero-order chi connectivity index (χ0) is 37.7. The molecule has 4 rings (SSSR count). The number of aryl methyl sites for hydroxylation is 1. The van der Waals surface area contributed by atoms with Crippen LogP contribution in [0, 0.1) is 0 Å². The Kier molecular flexibility index (Phi) is 13.0. The Labute approximate surface area is 289 Å². The van der Waals surface area contributed by atoms with Crippen LogP contribution in [0.5, 0.6) is 0 Å². The molecule has 1 aromatic heterocycles. The van der Waals surface area contributed by atoms with Gasteiger partial charge in [0, 0.05) is 32.5 Å². The van der Waals surface area contributed by atoms with Crippen LogP contribution in [0.1, 0.15) is 31.6 Å². The standard InChI is InChI=1S/C29H40N5O16P/c1-14(35)32-21-16(36)11-29(27(42)43,49-25(21)22(39)17(37)12-31-20(38)8-7-15-5-3-2-4-6-15)50-51(45,46)47-13-18-23(40)24(41)26(48-18)34-10-9-19(30)33-28(34)44/h2-6,9-10,16-18,21-26,36-37,39-41H,7-8,11-13H2,1H3,(H,31,38)(H,32,35)(H,42,43)(H,45,46)(H2,30,33,44)/t16-,17+,18+,21+,22+,23+,24+,25+,26+,29+/m0/s1. The highest BCUT2D eigenvalue weighted by Crippen LogP contribution is 2.51. The highest BCUT2D eigenvalue weighted by atomic mass is 31.2. The normalized spacial score (nSPS) is 30.1. The maximum absolute atomic E-state index is 13.1. The first-order valence-corrected chi connectivity index (χ1v) is 17.0. The monoisotopic (exact) mass is 745 g/mol. The quantitative estimate of drug-likeness (QED) is 0.0790. The summed E-state index contributed by atoms with van der Waals surface area (Å²) >= 11 is 0. The van der Waals surface area contributed by atoms with E-state index in [9.17, 15) is 59.3 Å². The van der Waals surface area contributed by atoms with Crippen LogP contribution in [0.3, 0.4) is 0 Å². The number of nitrogens with two attached hydrogens (primary N) is 1. The molecule has 0 saturated carbocycles. The zero-order valence-electron chi connectivity index (χ0n) is 27.0. The number of amides is 2. The van der Waals surface area contributed by atoms with Gasteiger partial charge in [0.1, 0.15) is 36.3 Å². The molecule has 11 N–H and O–H groups in total. The van der Waals surface area contributed by atoms with Crippen LogP contribution >= 0.6 is 7.82 Å². The number of nitrogens with one attached hydrogen (secondary N) is 2. The van der Waals surface area contributed by atoms with Crippen molar-refractivity contribution in [2.75, 3.05) is 18.9 Å². The summed E-state index contributed by atoms with van der Waals surface area (Å²) < 4.78 is 34.5. The minimum Gasteiger partial charge on any atom is -0.477 e. The number of aliphatic hydroxyl groups is 5. The molecule has 0 spiro atoms. The molecule has 11 atom stereocenters. The van der Waals surface area contributed by atoms with Crippen LogP contribution in [0.4, 0.5) is 5.82 Å². The van der Waals surface area contributed by atoms with Crippen LogP contribution in [-0.2, 0) is 43.9 Å². The molecule has 1 aromatic carbocycles. The molecular weight excluding hydrogens is 705 g/mol. The highest BCUT2D eigenvalue weighted by molar-refractivity contribution is 7.47.